The van der Waals surface area contributed by atoms with Gasteiger partial charge in [-0.1, -0.05) is 31.2 Å². The third kappa shape index (κ3) is 3.96. The molecule has 4 heteroatoms. The van der Waals surface area contributed by atoms with Crippen LogP contribution >= 0.6 is 0 Å². The average molecular weight is 303 g/mol. The predicted molar refractivity (Wildman–Crippen MR) is 87.8 cm³/mol. The lowest BCUT2D eigenvalue weighted by atomic mass is 9.96. The summed E-state index contributed by atoms with van der Waals surface area (Å²) in [6.07, 6.45) is 6.27. The van der Waals surface area contributed by atoms with Crippen LogP contribution in [0.2, 0.25) is 0 Å². The predicted octanol–water partition coefficient (Wildman–Crippen LogP) is 3.08. The highest BCUT2D eigenvalue weighted by Gasteiger charge is 2.22. The molecule has 2 rings (SSSR count). The fourth-order valence-electron chi connectivity index (χ4n) is 2.91. The van der Waals surface area contributed by atoms with Crippen LogP contribution in [0.1, 0.15) is 37.9 Å². The van der Waals surface area contributed by atoms with Gasteiger partial charge in [0.2, 0.25) is 5.91 Å². The Morgan fingerprint density at radius 2 is 2.09 bits per heavy atom. The van der Waals surface area contributed by atoms with E-state index in [1.165, 1.54) is 0 Å². The number of aliphatic hydroxyl groups is 1. The van der Waals surface area contributed by atoms with E-state index in [9.17, 15) is 4.79 Å². The maximum Gasteiger partial charge on any atom is 0.227 e. The van der Waals surface area contributed by atoms with Gasteiger partial charge in [0.1, 0.15) is 0 Å². The molecule has 0 aromatic heterocycles. The molecule has 0 unspecified atom stereocenters. The van der Waals surface area contributed by atoms with E-state index in [4.69, 9.17) is 9.84 Å². The summed E-state index contributed by atoms with van der Waals surface area (Å²) in [6.45, 7) is 3.07. The second kappa shape index (κ2) is 8.11. The topological polar surface area (TPSA) is 49.8 Å². The van der Waals surface area contributed by atoms with Crippen molar-refractivity contribution in [3.05, 3.63) is 42.0 Å². The molecule has 1 amide bonds. The van der Waals surface area contributed by atoms with Gasteiger partial charge in [-0.05, 0) is 30.5 Å². The maximum atomic E-state index is 11.8. The minimum Gasteiger partial charge on any atom is -0.396 e. The fraction of sp³-hybridized carbons (Fsp3) is 0.500. The highest BCUT2D eigenvalue weighted by Crippen LogP contribution is 2.29. The Hall–Kier alpha value is -1.65. The van der Waals surface area contributed by atoms with Gasteiger partial charge in [0, 0.05) is 38.3 Å². The van der Waals surface area contributed by atoms with Crippen LogP contribution in [0, 0.1) is 5.92 Å². The summed E-state index contributed by atoms with van der Waals surface area (Å²) >= 11 is 0. The van der Waals surface area contributed by atoms with Gasteiger partial charge in [0.25, 0.3) is 0 Å². The van der Waals surface area contributed by atoms with Crippen molar-refractivity contribution in [2.75, 3.05) is 25.2 Å². The van der Waals surface area contributed by atoms with Gasteiger partial charge in [0.05, 0.1) is 6.10 Å². The van der Waals surface area contributed by atoms with Gasteiger partial charge >= 0.3 is 0 Å². The lowest BCUT2D eigenvalue weighted by molar-refractivity contribution is -0.117. The second-order valence-electron chi connectivity index (χ2n) is 5.70. The number of benzene rings is 1. The normalized spacial score (nSPS) is 18.1. The molecular weight excluding hydrogens is 278 g/mol. The number of methoxy groups -OCH3 is 1. The highest BCUT2D eigenvalue weighted by atomic mass is 16.5. The number of anilines is 1. The summed E-state index contributed by atoms with van der Waals surface area (Å²) in [6, 6.07) is 8.06. The quantitative estimate of drug-likeness (QED) is 0.788. The molecule has 2 atom stereocenters. The number of ether oxygens (including phenoxy) is 1. The molecule has 0 radical (unpaired) electrons. The molecule has 1 aromatic carbocycles. The Morgan fingerprint density at radius 1 is 1.36 bits per heavy atom. The third-order valence-corrected chi connectivity index (χ3v) is 4.07. The van der Waals surface area contributed by atoms with Gasteiger partial charge in [-0.2, -0.15) is 0 Å². The first kappa shape index (κ1) is 16.7. The summed E-state index contributed by atoms with van der Waals surface area (Å²) in [5.41, 5.74) is 2.06. The summed E-state index contributed by atoms with van der Waals surface area (Å²) in [4.78, 5) is 13.6. The minimum atomic E-state index is -0.0294. The number of nitrogens with zero attached hydrogens (tertiary/aromatic N) is 1. The Balaban J connectivity index is 2.08. The van der Waals surface area contributed by atoms with E-state index in [-0.39, 0.29) is 24.5 Å². The van der Waals surface area contributed by atoms with Crippen LogP contribution in [-0.2, 0) is 9.53 Å². The van der Waals surface area contributed by atoms with E-state index in [0.29, 0.717) is 12.8 Å². The van der Waals surface area contributed by atoms with Gasteiger partial charge in [-0.25, -0.2) is 0 Å². The standard InChI is InChI=1S/C18H25NO3/c1-14(6-3-4-13-20)18(22-2)15-8-10-16(11-9-15)19-12-5-7-17(19)21/h3,6,8-11,14,18,20H,4-5,7,12-13H2,1-2H3/b6-3+/t14-,18+/m1/s1. The minimum absolute atomic E-state index is 0.0294. The summed E-state index contributed by atoms with van der Waals surface area (Å²) in [7, 11) is 1.71. The van der Waals surface area contributed by atoms with E-state index in [1.54, 1.807) is 7.11 Å². The van der Waals surface area contributed by atoms with Crippen molar-refractivity contribution < 1.29 is 14.6 Å². The van der Waals surface area contributed by atoms with Crippen molar-refractivity contribution in [1.82, 2.24) is 0 Å². The Kier molecular flexibility index (Phi) is 6.16. The van der Waals surface area contributed by atoms with Crippen molar-refractivity contribution in [3.8, 4) is 0 Å². The number of aliphatic hydroxyl groups excluding tert-OH is 1. The fourth-order valence-corrected chi connectivity index (χ4v) is 2.91. The van der Waals surface area contributed by atoms with Crippen molar-refractivity contribution in [2.45, 2.75) is 32.3 Å². The first-order valence-corrected chi connectivity index (χ1v) is 7.88. The van der Waals surface area contributed by atoms with E-state index >= 15 is 0 Å². The van der Waals surface area contributed by atoms with Crippen LogP contribution in [0.3, 0.4) is 0 Å². The number of amides is 1. The molecule has 1 N–H and O–H groups in total. The Labute approximate surface area is 132 Å². The van der Waals surface area contributed by atoms with E-state index < -0.39 is 0 Å². The van der Waals surface area contributed by atoms with Crippen LogP contribution in [0.25, 0.3) is 0 Å². The van der Waals surface area contributed by atoms with Gasteiger partial charge in [0.15, 0.2) is 0 Å². The van der Waals surface area contributed by atoms with E-state index in [2.05, 4.69) is 13.0 Å². The lowest BCUT2D eigenvalue weighted by Crippen LogP contribution is -2.23. The molecule has 1 fully saturated rings. The molecule has 0 bridgehead atoms. The molecule has 1 heterocycles. The SMILES string of the molecule is CO[C@H](c1ccc(N2CCCC2=O)cc1)[C@H](C)/C=C/CCO. The van der Waals surface area contributed by atoms with Gasteiger partial charge < -0.3 is 14.7 Å². The lowest BCUT2D eigenvalue weighted by Gasteiger charge is -2.22. The molecule has 1 aliphatic heterocycles. The third-order valence-electron chi connectivity index (χ3n) is 4.07. The van der Waals surface area contributed by atoms with Crippen molar-refractivity contribution >= 4 is 11.6 Å². The first-order valence-electron chi connectivity index (χ1n) is 7.88. The smallest absolute Gasteiger partial charge is 0.227 e. The Morgan fingerprint density at radius 3 is 2.64 bits per heavy atom. The molecule has 1 aliphatic rings. The van der Waals surface area contributed by atoms with Crippen molar-refractivity contribution in [3.63, 3.8) is 0 Å². The van der Waals surface area contributed by atoms with E-state index in [0.717, 1.165) is 24.2 Å². The number of carbonyl (C=O) groups excluding carboxylic acids is 1. The Bertz CT molecular complexity index is 510. The largest absolute Gasteiger partial charge is 0.396 e. The van der Waals surface area contributed by atoms with Crippen molar-refractivity contribution in [1.29, 1.82) is 0 Å². The zero-order valence-corrected chi connectivity index (χ0v) is 13.4. The molecule has 120 valence electrons. The van der Waals surface area contributed by atoms with Gasteiger partial charge in [-0.15, -0.1) is 0 Å². The maximum absolute atomic E-state index is 11.8. The molecule has 0 spiro atoms. The van der Waals surface area contributed by atoms with Crippen LogP contribution in [-0.4, -0.2) is 31.3 Å². The second-order valence-corrected chi connectivity index (χ2v) is 5.70. The summed E-state index contributed by atoms with van der Waals surface area (Å²) in [5, 5.41) is 8.83. The molecule has 0 saturated carbocycles. The highest BCUT2D eigenvalue weighted by molar-refractivity contribution is 5.95. The monoisotopic (exact) mass is 303 g/mol. The zero-order chi connectivity index (χ0) is 15.9. The molecular formula is C18H25NO3. The average Bonchev–Trinajstić information content (AvgIpc) is 2.95. The van der Waals surface area contributed by atoms with E-state index in [1.807, 2.05) is 35.2 Å². The van der Waals surface area contributed by atoms with Crippen LogP contribution < -0.4 is 4.90 Å². The summed E-state index contributed by atoms with van der Waals surface area (Å²) < 4.78 is 5.62. The van der Waals surface area contributed by atoms with Crippen LogP contribution in [0.4, 0.5) is 5.69 Å². The number of rotatable bonds is 7. The molecule has 22 heavy (non-hydrogen) atoms. The molecule has 0 aliphatic carbocycles. The van der Waals surface area contributed by atoms with Gasteiger partial charge in [-0.3, -0.25) is 4.79 Å². The number of hydrogen-bond donors (Lipinski definition) is 1. The van der Waals surface area contributed by atoms with Crippen LogP contribution in [0.15, 0.2) is 36.4 Å². The first-order chi connectivity index (χ1) is 10.7. The molecule has 4 nitrogen and oxygen atoms in total. The number of hydrogen-bond acceptors (Lipinski definition) is 3. The number of carbonyl (C=O) groups is 1. The summed E-state index contributed by atoms with van der Waals surface area (Å²) in [5.74, 6) is 0.423. The molecule has 1 aromatic rings. The molecule has 1 saturated heterocycles. The van der Waals surface area contributed by atoms with Crippen LogP contribution in [0.5, 0.6) is 0 Å². The zero-order valence-electron chi connectivity index (χ0n) is 13.4. The van der Waals surface area contributed by atoms with Crippen molar-refractivity contribution in [2.24, 2.45) is 5.92 Å².